The molecule has 0 fully saturated rings. The monoisotopic (exact) mass is 397 g/mol. The summed E-state index contributed by atoms with van der Waals surface area (Å²) in [5.41, 5.74) is 0.949. The molecule has 0 aliphatic rings. The van der Waals surface area contributed by atoms with Crippen molar-refractivity contribution >= 4 is 31.5 Å². The predicted octanol–water partition coefficient (Wildman–Crippen LogP) is 6.81. The van der Waals surface area contributed by atoms with Crippen LogP contribution in [0, 0.1) is 0 Å². The first-order valence-corrected chi connectivity index (χ1v) is 9.99. The smallest absolute Gasteiger partial charge is 0.247 e. The maximum atomic E-state index is 5.00. The van der Waals surface area contributed by atoms with Gasteiger partial charge in [0.1, 0.15) is 0 Å². The minimum Gasteiger partial charge on any atom is -0.423 e. The van der Waals surface area contributed by atoms with E-state index in [2.05, 4.69) is 63.7 Å². The fourth-order valence-corrected chi connectivity index (χ4v) is 3.94. The van der Waals surface area contributed by atoms with Crippen molar-refractivity contribution in [2.24, 2.45) is 0 Å². The number of nitrogens with one attached hydrogen (secondary N) is 1. The highest BCUT2D eigenvalue weighted by molar-refractivity contribution is 7.25. The van der Waals surface area contributed by atoms with E-state index < -0.39 is 0 Å². The van der Waals surface area contributed by atoms with E-state index >= 15 is 0 Å². The molecule has 3 aromatic heterocycles. The molecule has 0 aliphatic heterocycles. The fraction of sp³-hybridized carbons (Fsp3) is 0. The number of fused-ring (bicyclic) bond motifs is 3. The molecule has 0 saturated carbocycles. The third-order valence-electron chi connectivity index (χ3n) is 4.16. The largest absolute Gasteiger partial charge is 0.423 e. The normalized spacial score (nSPS) is 10.1. The molecule has 4 nitrogen and oxygen atoms in total. The second kappa shape index (κ2) is 9.48. The van der Waals surface area contributed by atoms with E-state index in [-0.39, 0.29) is 0 Å². The van der Waals surface area contributed by atoms with Crippen LogP contribution in [0.25, 0.3) is 31.6 Å². The lowest BCUT2D eigenvalue weighted by atomic mass is 10.2. The van der Waals surface area contributed by atoms with Crippen LogP contribution in [0.4, 0.5) is 0 Å². The van der Waals surface area contributed by atoms with Gasteiger partial charge in [0, 0.05) is 38.1 Å². The Bertz CT molecular complexity index is 1180. The molecular formula is C24H19N3OS. The third kappa shape index (κ3) is 4.78. The van der Waals surface area contributed by atoms with Gasteiger partial charge in [0.25, 0.3) is 0 Å². The highest BCUT2D eigenvalue weighted by atomic mass is 32.1. The van der Waals surface area contributed by atoms with E-state index in [4.69, 9.17) is 4.42 Å². The zero-order chi connectivity index (χ0) is 19.7. The van der Waals surface area contributed by atoms with Crippen molar-refractivity contribution in [3.05, 3.63) is 110 Å². The fourth-order valence-electron chi connectivity index (χ4n) is 2.83. The molecule has 0 atom stereocenters. The van der Waals surface area contributed by atoms with Gasteiger partial charge in [-0.3, -0.25) is 0 Å². The van der Waals surface area contributed by atoms with Crippen molar-refractivity contribution in [3.8, 4) is 11.5 Å². The van der Waals surface area contributed by atoms with Crippen LogP contribution in [0.15, 0.2) is 114 Å². The van der Waals surface area contributed by atoms with Crippen molar-refractivity contribution in [1.82, 2.24) is 15.2 Å². The molecule has 0 bridgehead atoms. The summed E-state index contributed by atoms with van der Waals surface area (Å²) in [6.45, 7) is 0. The Morgan fingerprint density at radius 3 is 1.76 bits per heavy atom. The minimum atomic E-state index is 0.561. The van der Waals surface area contributed by atoms with Crippen LogP contribution in [-0.4, -0.2) is 15.2 Å². The topological polar surface area (TPSA) is 54.7 Å². The van der Waals surface area contributed by atoms with E-state index in [0.717, 1.165) is 5.56 Å². The molecule has 0 unspecified atom stereocenters. The molecule has 29 heavy (non-hydrogen) atoms. The van der Waals surface area contributed by atoms with Gasteiger partial charge in [-0.2, -0.15) is 0 Å². The van der Waals surface area contributed by atoms with E-state index in [1.54, 1.807) is 0 Å². The number of H-pyrrole nitrogens is 1. The summed E-state index contributed by atoms with van der Waals surface area (Å²) in [7, 11) is 0. The van der Waals surface area contributed by atoms with Crippen LogP contribution in [0.1, 0.15) is 0 Å². The van der Waals surface area contributed by atoms with Gasteiger partial charge in [0.05, 0.1) is 0 Å². The summed E-state index contributed by atoms with van der Waals surface area (Å²) in [4.78, 5) is 2.86. The minimum absolute atomic E-state index is 0.561. The van der Waals surface area contributed by atoms with Crippen LogP contribution in [-0.2, 0) is 0 Å². The van der Waals surface area contributed by atoms with E-state index in [9.17, 15) is 0 Å². The maximum absolute atomic E-state index is 5.00. The Hall–Kier alpha value is -3.70. The molecule has 5 heteroatoms. The Kier molecular flexibility index (Phi) is 6.10. The average molecular weight is 398 g/mol. The van der Waals surface area contributed by atoms with Gasteiger partial charge in [-0.05, 0) is 36.4 Å². The number of aromatic nitrogens is 3. The number of benzene rings is 3. The summed E-state index contributed by atoms with van der Waals surface area (Å²) in [5, 5.41) is 10.1. The average Bonchev–Trinajstić information content (AvgIpc) is 3.58. The zero-order valence-corrected chi connectivity index (χ0v) is 16.4. The molecule has 3 aromatic carbocycles. The van der Waals surface area contributed by atoms with Crippen molar-refractivity contribution in [2.45, 2.75) is 0 Å². The first-order chi connectivity index (χ1) is 14.4. The first-order valence-electron chi connectivity index (χ1n) is 9.17. The van der Waals surface area contributed by atoms with E-state index in [1.165, 1.54) is 26.6 Å². The summed E-state index contributed by atoms with van der Waals surface area (Å²) < 4.78 is 7.75. The third-order valence-corrected chi connectivity index (χ3v) is 5.31. The number of hydrogen-bond acceptors (Lipinski definition) is 4. The van der Waals surface area contributed by atoms with Crippen molar-refractivity contribution < 1.29 is 4.42 Å². The summed E-state index contributed by atoms with van der Waals surface area (Å²) in [5.74, 6) is 0.561. The molecular weight excluding hydrogens is 378 g/mol. The van der Waals surface area contributed by atoms with Crippen molar-refractivity contribution in [2.75, 3.05) is 0 Å². The zero-order valence-electron chi connectivity index (χ0n) is 15.6. The Morgan fingerprint density at radius 2 is 1.24 bits per heavy atom. The molecule has 1 N–H and O–H groups in total. The summed E-state index contributed by atoms with van der Waals surface area (Å²) in [6, 6.07) is 30.7. The number of nitrogens with zero attached hydrogens (tertiary/aromatic N) is 2. The molecule has 6 aromatic rings. The van der Waals surface area contributed by atoms with Crippen molar-refractivity contribution in [3.63, 3.8) is 0 Å². The van der Waals surface area contributed by atoms with Gasteiger partial charge in [0.2, 0.25) is 12.3 Å². The van der Waals surface area contributed by atoms with Crippen LogP contribution in [0.2, 0.25) is 0 Å². The van der Waals surface area contributed by atoms with Gasteiger partial charge in [-0.15, -0.1) is 21.5 Å². The molecule has 0 spiro atoms. The standard InChI is InChI=1S/C12H8S.C8H6N2O.C4H5N/c1-3-7-11-9(5-1)10-6-2-4-8-12(10)13-11;1-2-4-7(5-3-1)8-10-9-6-11-8;1-2-4-5-3-1/h1-8H;1-6H;1-5H. The quantitative estimate of drug-likeness (QED) is 0.332. The number of rotatable bonds is 1. The van der Waals surface area contributed by atoms with Gasteiger partial charge in [-0.25, -0.2) is 0 Å². The second-order valence-electron chi connectivity index (χ2n) is 6.09. The number of thiophene rings is 1. The molecule has 0 radical (unpaired) electrons. The lowest BCUT2D eigenvalue weighted by Gasteiger charge is -1.89. The molecule has 6 rings (SSSR count). The highest BCUT2D eigenvalue weighted by Gasteiger charge is 2.01. The van der Waals surface area contributed by atoms with Crippen molar-refractivity contribution in [1.29, 1.82) is 0 Å². The van der Waals surface area contributed by atoms with Gasteiger partial charge in [0.15, 0.2) is 0 Å². The Balaban J connectivity index is 0.000000116. The highest BCUT2D eigenvalue weighted by Crippen LogP contribution is 2.32. The van der Waals surface area contributed by atoms with Gasteiger partial charge < -0.3 is 9.40 Å². The van der Waals surface area contributed by atoms with E-state index in [0.29, 0.717) is 5.89 Å². The lowest BCUT2D eigenvalue weighted by molar-refractivity contribution is 0.568. The SMILES string of the molecule is c1cc[nH]c1.c1ccc(-c2nnco2)cc1.c1ccc2c(c1)sc1ccccc12. The molecule has 0 amide bonds. The Morgan fingerprint density at radius 1 is 0.655 bits per heavy atom. The summed E-state index contributed by atoms with van der Waals surface area (Å²) >= 11 is 1.86. The molecule has 0 saturated heterocycles. The molecule has 142 valence electrons. The maximum Gasteiger partial charge on any atom is 0.247 e. The summed E-state index contributed by atoms with van der Waals surface area (Å²) in [6.07, 6.45) is 5.07. The van der Waals surface area contributed by atoms with E-state index in [1.807, 2.05) is 66.2 Å². The second-order valence-corrected chi connectivity index (χ2v) is 7.17. The Labute approximate surface area is 172 Å². The van der Waals surface area contributed by atoms with Crippen LogP contribution in [0.3, 0.4) is 0 Å². The van der Waals surface area contributed by atoms with Crippen LogP contribution >= 0.6 is 11.3 Å². The first kappa shape index (κ1) is 18.7. The van der Waals surface area contributed by atoms with Crippen LogP contribution < -0.4 is 0 Å². The number of aromatic amines is 1. The number of hydrogen-bond donors (Lipinski definition) is 1. The lowest BCUT2D eigenvalue weighted by Crippen LogP contribution is -1.75. The van der Waals surface area contributed by atoms with Gasteiger partial charge >= 0.3 is 0 Å². The molecule has 3 heterocycles. The van der Waals surface area contributed by atoms with Gasteiger partial charge in [-0.1, -0.05) is 54.6 Å². The van der Waals surface area contributed by atoms with Crippen LogP contribution in [0.5, 0.6) is 0 Å². The molecule has 0 aliphatic carbocycles. The predicted molar refractivity (Wildman–Crippen MR) is 120 cm³/mol.